The fourth-order valence-electron chi connectivity index (χ4n) is 1.50. The van der Waals surface area contributed by atoms with Gasteiger partial charge in [-0.2, -0.15) is 0 Å². The SMILES string of the molecule is O=C1NCNC1Cc1ccc(Cl)cc1. The van der Waals surface area contributed by atoms with Crippen molar-refractivity contribution in [2.24, 2.45) is 0 Å². The first-order valence-corrected chi connectivity index (χ1v) is 4.89. The second-order valence-electron chi connectivity index (χ2n) is 3.31. The molecule has 3 nitrogen and oxygen atoms in total. The standard InChI is InChI=1S/C10H11ClN2O/c11-8-3-1-7(2-4-8)5-9-10(14)13-6-12-9/h1-4,9,12H,5-6H2,(H,13,14). The van der Waals surface area contributed by atoms with Crippen molar-refractivity contribution in [2.75, 3.05) is 6.67 Å². The molecule has 1 aromatic carbocycles. The summed E-state index contributed by atoms with van der Waals surface area (Å²) in [4.78, 5) is 11.2. The lowest BCUT2D eigenvalue weighted by atomic mass is 10.1. The number of carbonyl (C=O) groups excluding carboxylic acids is 1. The van der Waals surface area contributed by atoms with Gasteiger partial charge in [0.2, 0.25) is 5.91 Å². The van der Waals surface area contributed by atoms with E-state index in [-0.39, 0.29) is 11.9 Å². The summed E-state index contributed by atoms with van der Waals surface area (Å²) in [6, 6.07) is 7.45. The summed E-state index contributed by atoms with van der Waals surface area (Å²) in [5.74, 6) is 0.0694. The number of hydrogen-bond acceptors (Lipinski definition) is 2. The van der Waals surface area contributed by atoms with E-state index in [0.717, 1.165) is 10.6 Å². The average Bonchev–Trinajstić information content (AvgIpc) is 2.56. The molecule has 1 fully saturated rings. The molecular weight excluding hydrogens is 200 g/mol. The lowest BCUT2D eigenvalue weighted by Crippen LogP contribution is -2.30. The molecule has 1 heterocycles. The number of amides is 1. The zero-order chi connectivity index (χ0) is 9.97. The maximum Gasteiger partial charge on any atom is 0.238 e. The summed E-state index contributed by atoms with van der Waals surface area (Å²) in [7, 11) is 0. The maximum absolute atomic E-state index is 11.2. The monoisotopic (exact) mass is 210 g/mol. The maximum atomic E-state index is 11.2. The van der Waals surface area contributed by atoms with Crippen LogP contribution in [0.2, 0.25) is 5.02 Å². The fraction of sp³-hybridized carbons (Fsp3) is 0.300. The number of hydrogen-bond donors (Lipinski definition) is 2. The van der Waals surface area contributed by atoms with Gasteiger partial charge in [-0.1, -0.05) is 23.7 Å². The predicted molar refractivity (Wildman–Crippen MR) is 55.1 cm³/mol. The number of benzene rings is 1. The first kappa shape index (κ1) is 9.49. The predicted octanol–water partition coefficient (Wildman–Crippen LogP) is 0.928. The van der Waals surface area contributed by atoms with Crippen molar-refractivity contribution in [3.05, 3.63) is 34.9 Å². The molecule has 0 aromatic heterocycles. The van der Waals surface area contributed by atoms with Crippen LogP contribution in [0.3, 0.4) is 0 Å². The zero-order valence-corrected chi connectivity index (χ0v) is 8.34. The van der Waals surface area contributed by atoms with Gasteiger partial charge in [0.05, 0.1) is 12.7 Å². The molecule has 74 valence electrons. The highest BCUT2D eigenvalue weighted by Gasteiger charge is 2.22. The highest BCUT2D eigenvalue weighted by atomic mass is 35.5. The van der Waals surface area contributed by atoms with Crippen molar-refractivity contribution >= 4 is 17.5 Å². The molecule has 0 saturated carbocycles. The van der Waals surface area contributed by atoms with Crippen molar-refractivity contribution in [1.29, 1.82) is 0 Å². The Hall–Kier alpha value is -1.06. The minimum atomic E-state index is -0.101. The van der Waals surface area contributed by atoms with Crippen molar-refractivity contribution in [1.82, 2.24) is 10.6 Å². The lowest BCUT2D eigenvalue weighted by Gasteiger charge is -2.06. The van der Waals surface area contributed by atoms with Crippen molar-refractivity contribution in [3.63, 3.8) is 0 Å². The molecule has 1 amide bonds. The minimum Gasteiger partial charge on any atom is -0.342 e. The molecule has 1 aromatic rings. The molecule has 2 N–H and O–H groups in total. The van der Waals surface area contributed by atoms with Gasteiger partial charge in [0.25, 0.3) is 0 Å². The third kappa shape index (κ3) is 2.05. The summed E-state index contributed by atoms with van der Waals surface area (Å²) in [5.41, 5.74) is 1.11. The number of nitrogens with one attached hydrogen (secondary N) is 2. The minimum absolute atomic E-state index is 0.0694. The molecule has 1 saturated heterocycles. The Morgan fingerprint density at radius 1 is 1.36 bits per heavy atom. The second-order valence-corrected chi connectivity index (χ2v) is 3.74. The smallest absolute Gasteiger partial charge is 0.238 e. The van der Waals surface area contributed by atoms with E-state index in [1.807, 2.05) is 24.3 Å². The molecule has 0 aliphatic carbocycles. The number of carbonyl (C=O) groups is 1. The molecule has 1 aliphatic heterocycles. The third-order valence-corrected chi connectivity index (χ3v) is 2.53. The first-order valence-electron chi connectivity index (χ1n) is 4.51. The van der Waals surface area contributed by atoms with Crippen LogP contribution in [0.1, 0.15) is 5.56 Å². The van der Waals surface area contributed by atoms with Crippen molar-refractivity contribution < 1.29 is 4.79 Å². The average molecular weight is 211 g/mol. The van der Waals surface area contributed by atoms with E-state index in [1.54, 1.807) is 0 Å². The van der Waals surface area contributed by atoms with E-state index >= 15 is 0 Å². The quantitative estimate of drug-likeness (QED) is 0.763. The van der Waals surface area contributed by atoms with E-state index < -0.39 is 0 Å². The molecule has 1 unspecified atom stereocenters. The van der Waals surface area contributed by atoms with Crippen LogP contribution in [0.4, 0.5) is 0 Å². The van der Waals surface area contributed by atoms with Crippen LogP contribution in [-0.2, 0) is 11.2 Å². The van der Waals surface area contributed by atoms with Gasteiger partial charge in [0.1, 0.15) is 0 Å². The van der Waals surface area contributed by atoms with Gasteiger partial charge >= 0.3 is 0 Å². The fourth-order valence-corrected chi connectivity index (χ4v) is 1.62. The van der Waals surface area contributed by atoms with Gasteiger partial charge in [-0.25, -0.2) is 0 Å². The Balaban J connectivity index is 2.03. The van der Waals surface area contributed by atoms with Crippen LogP contribution in [-0.4, -0.2) is 18.6 Å². The van der Waals surface area contributed by atoms with Gasteiger partial charge < -0.3 is 5.32 Å². The topological polar surface area (TPSA) is 41.1 Å². The van der Waals surface area contributed by atoms with Crippen LogP contribution in [0.5, 0.6) is 0 Å². The highest BCUT2D eigenvalue weighted by Crippen LogP contribution is 2.11. The molecule has 0 radical (unpaired) electrons. The Morgan fingerprint density at radius 3 is 2.64 bits per heavy atom. The summed E-state index contributed by atoms with van der Waals surface area (Å²) in [5, 5.41) is 6.52. The van der Waals surface area contributed by atoms with Crippen LogP contribution >= 0.6 is 11.6 Å². The van der Waals surface area contributed by atoms with Gasteiger partial charge in [0, 0.05) is 5.02 Å². The van der Waals surface area contributed by atoms with E-state index in [9.17, 15) is 4.79 Å². The van der Waals surface area contributed by atoms with E-state index in [0.29, 0.717) is 13.1 Å². The highest BCUT2D eigenvalue weighted by molar-refractivity contribution is 6.30. The van der Waals surface area contributed by atoms with Gasteiger partial charge in [-0.3, -0.25) is 10.1 Å². The molecule has 1 atom stereocenters. The van der Waals surface area contributed by atoms with Crippen molar-refractivity contribution in [3.8, 4) is 0 Å². The Morgan fingerprint density at radius 2 is 2.07 bits per heavy atom. The zero-order valence-electron chi connectivity index (χ0n) is 7.59. The molecule has 0 bridgehead atoms. The van der Waals surface area contributed by atoms with Crippen molar-refractivity contribution in [2.45, 2.75) is 12.5 Å². The third-order valence-electron chi connectivity index (χ3n) is 2.28. The van der Waals surface area contributed by atoms with Gasteiger partial charge in [0.15, 0.2) is 0 Å². The summed E-state index contributed by atoms with van der Waals surface area (Å²) < 4.78 is 0. The van der Waals surface area contributed by atoms with Gasteiger partial charge in [-0.05, 0) is 24.1 Å². The summed E-state index contributed by atoms with van der Waals surface area (Å²) in [6.07, 6.45) is 0.711. The Kier molecular flexibility index (Phi) is 2.70. The first-order chi connectivity index (χ1) is 6.75. The lowest BCUT2D eigenvalue weighted by molar-refractivity contribution is -0.120. The Bertz CT molecular complexity index is 336. The normalized spacial score (nSPS) is 20.9. The van der Waals surface area contributed by atoms with Gasteiger partial charge in [-0.15, -0.1) is 0 Å². The van der Waals surface area contributed by atoms with E-state index in [2.05, 4.69) is 10.6 Å². The molecule has 14 heavy (non-hydrogen) atoms. The van der Waals surface area contributed by atoms with E-state index in [1.165, 1.54) is 0 Å². The van der Waals surface area contributed by atoms with Crippen LogP contribution in [0, 0.1) is 0 Å². The summed E-state index contributed by atoms with van der Waals surface area (Å²) >= 11 is 5.76. The molecule has 0 spiro atoms. The summed E-state index contributed by atoms with van der Waals surface area (Å²) in [6.45, 7) is 0.567. The van der Waals surface area contributed by atoms with Crippen LogP contribution in [0.25, 0.3) is 0 Å². The second kappa shape index (κ2) is 3.98. The number of halogens is 1. The van der Waals surface area contributed by atoms with Crippen LogP contribution < -0.4 is 10.6 Å². The largest absolute Gasteiger partial charge is 0.342 e. The molecule has 4 heteroatoms. The number of rotatable bonds is 2. The Labute approximate surface area is 87.4 Å². The molecular formula is C10H11ClN2O. The molecule has 1 aliphatic rings. The molecule has 2 rings (SSSR count). The van der Waals surface area contributed by atoms with Crippen LogP contribution in [0.15, 0.2) is 24.3 Å². The van der Waals surface area contributed by atoms with E-state index in [4.69, 9.17) is 11.6 Å².